The average molecular weight is 275 g/mol. The fraction of sp³-hybridized carbons (Fsp3) is 0.400. The van der Waals surface area contributed by atoms with Crippen LogP contribution >= 0.6 is 0 Å². The lowest BCUT2D eigenvalue weighted by Gasteiger charge is -2.18. The summed E-state index contributed by atoms with van der Waals surface area (Å²) in [6, 6.07) is 5.97. The molecule has 0 bridgehead atoms. The Morgan fingerprint density at radius 1 is 1.30 bits per heavy atom. The SMILES string of the molecule is COc1ccc(OC)c(C(C)NCc2cncn2C)c1. The van der Waals surface area contributed by atoms with Crippen molar-refractivity contribution in [1.29, 1.82) is 0 Å². The van der Waals surface area contributed by atoms with Gasteiger partial charge in [-0.2, -0.15) is 0 Å². The van der Waals surface area contributed by atoms with E-state index in [9.17, 15) is 0 Å². The molecular weight excluding hydrogens is 254 g/mol. The van der Waals surface area contributed by atoms with Crippen molar-refractivity contribution in [2.75, 3.05) is 14.2 Å². The number of nitrogens with one attached hydrogen (secondary N) is 1. The van der Waals surface area contributed by atoms with Gasteiger partial charge >= 0.3 is 0 Å². The van der Waals surface area contributed by atoms with E-state index in [1.807, 2.05) is 36.0 Å². The van der Waals surface area contributed by atoms with E-state index < -0.39 is 0 Å². The summed E-state index contributed by atoms with van der Waals surface area (Å²) >= 11 is 0. The van der Waals surface area contributed by atoms with E-state index in [1.165, 1.54) is 0 Å². The maximum atomic E-state index is 5.41. The number of benzene rings is 1. The van der Waals surface area contributed by atoms with Crippen molar-refractivity contribution in [2.24, 2.45) is 7.05 Å². The lowest BCUT2D eigenvalue weighted by atomic mass is 10.1. The summed E-state index contributed by atoms with van der Waals surface area (Å²) < 4.78 is 12.7. The molecule has 0 amide bonds. The Morgan fingerprint density at radius 3 is 2.70 bits per heavy atom. The third-order valence-corrected chi connectivity index (χ3v) is 3.41. The summed E-state index contributed by atoms with van der Waals surface area (Å²) in [5, 5.41) is 3.47. The molecule has 0 fully saturated rings. The number of aryl methyl sites for hydroxylation is 1. The molecule has 2 aromatic rings. The quantitative estimate of drug-likeness (QED) is 0.878. The Balaban J connectivity index is 2.11. The van der Waals surface area contributed by atoms with Crippen molar-refractivity contribution in [3.8, 4) is 11.5 Å². The first-order chi connectivity index (χ1) is 9.65. The van der Waals surface area contributed by atoms with Crippen molar-refractivity contribution in [1.82, 2.24) is 14.9 Å². The van der Waals surface area contributed by atoms with Gasteiger partial charge in [0.05, 0.1) is 26.2 Å². The molecule has 0 spiro atoms. The Labute approximate surface area is 119 Å². The van der Waals surface area contributed by atoms with Crippen LogP contribution in [0.2, 0.25) is 0 Å². The number of imidazole rings is 1. The van der Waals surface area contributed by atoms with Crippen molar-refractivity contribution in [2.45, 2.75) is 19.5 Å². The minimum Gasteiger partial charge on any atom is -0.497 e. The summed E-state index contributed by atoms with van der Waals surface area (Å²) in [6.07, 6.45) is 3.66. The van der Waals surface area contributed by atoms with Gasteiger partial charge in [0.15, 0.2) is 0 Å². The zero-order valence-electron chi connectivity index (χ0n) is 12.4. The molecule has 0 saturated carbocycles. The molecule has 1 heterocycles. The van der Waals surface area contributed by atoms with Crippen LogP contribution < -0.4 is 14.8 Å². The average Bonchev–Trinajstić information content (AvgIpc) is 2.89. The van der Waals surface area contributed by atoms with Crippen LogP contribution in [0.1, 0.15) is 24.2 Å². The predicted molar refractivity (Wildman–Crippen MR) is 78.0 cm³/mol. The molecule has 0 aliphatic rings. The van der Waals surface area contributed by atoms with Gasteiger partial charge in [-0.25, -0.2) is 4.98 Å². The van der Waals surface area contributed by atoms with Crippen LogP contribution in [-0.4, -0.2) is 23.8 Å². The fourth-order valence-electron chi connectivity index (χ4n) is 2.10. The molecule has 20 heavy (non-hydrogen) atoms. The fourth-order valence-corrected chi connectivity index (χ4v) is 2.10. The van der Waals surface area contributed by atoms with Gasteiger partial charge in [-0.05, 0) is 25.1 Å². The second kappa shape index (κ2) is 6.43. The molecule has 1 atom stereocenters. The highest BCUT2D eigenvalue weighted by Crippen LogP contribution is 2.29. The lowest BCUT2D eigenvalue weighted by molar-refractivity contribution is 0.391. The Bertz CT molecular complexity index is 566. The number of hydrogen-bond donors (Lipinski definition) is 1. The molecule has 1 aromatic carbocycles. The first-order valence-corrected chi connectivity index (χ1v) is 6.56. The molecule has 1 aromatic heterocycles. The van der Waals surface area contributed by atoms with Gasteiger partial charge < -0.3 is 19.4 Å². The molecule has 1 N–H and O–H groups in total. The van der Waals surface area contributed by atoms with Crippen LogP contribution in [0.15, 0.2) is 30.7 Å². The molecule has 5 heteroatoms. The Morgan fingerprint density at radius 2 is 2.10 bits per heavy atom. The van der Waals surface area contributed by atoms with Gasteiger partial charge in [0.1, 0.15) is 11.5 Å². The summed E-state index contributed by atoms with van der Waals surface area (Å²) in [7, 11) is 5.33. The summed E-state index contributed by atoms with van der Waals surface area (Å²) in [5.41, 5.74) is 2.22. The molecule has 5 nitrogen and oxygen atoms in total. The Kier molecular flexibility index (Phi) is 4.63. The molecule has 0 aliphatic carbocycles. The molecule has 1 unspecified atom stereocenters. The van der Waals surface area contributed by atoms with Gasteiger partial charge in [0, 0.05) is 31.4 Å². The molecule has 0 saturated heterocycles. The van der Waals surface area contributed by atoms with Crippen LogP contribution in [-0.2, 0) is 13.6 Å². The van der Waals surface area contributed by atoms with E-state index in [0.29, 0.717) is 0 Å². The maximum absolute atomic E-state index is 5.41. The summed E-state index contributed by atoms with van der Waals surface area (Å²) in [5.74, 6) is 1.69. The van der Waals surface area contributed by atoms with E-state index in [1.54, 1.807) is 20.5 Å². The highest BCUT2D eigenvalue weighted by Gasteiger charge is 2.13. The largest absolute Gasteiger partial charge is 0.497 e. The first kappa shape index (κ1) is 14.4. The topological polar surface area (TPSA) is 48.3 Å². The van der Waals surface area contributed by atoms with Crippen molar-refractivity contribution in [3.05, 3.63) is 42.0 Å². The summed E-state index contributed by atoms with van der Waals surface area (Å²) in [4.78, 5) is 4.11. The first-order valence-electron chi connectivity index (χ1n) is 6.56. The molecule has 2 rings (SSSR count). The number of hydrogen-bond acceptors (Lipinski definition) is 4. The van der Waals surface area contributed by atoms with E-state index in [-0.39, 0.29) is 6.04 Å². The number of ether oxygens (including phenoxy) is 2. The molecular formula is C15H21N3O2. The number of nitrogens with zero attached hydrogens (tertiary/aromatic N) is 2. The molecule has 0 aliphatic heterocycles. The second-order valence-electron chi connectivity index (χ2n) is 4.71. The van der Waals surface area contributed by atoms with Crippen molar-refractivity contribution >= 4 is 0 Å². The predicted octanol–water partition coefficient (Wildman–Crippen LogP) is 2.29. The standard InChI is InChI=1S/C15H21N3O2/c1-11(17-9-12-8-16-10-18(12)2)14-7-13(19-3)5-6-15(14)20-4/h5-8,10-11,17H,9H2,1-4H3. The van der Waals surface area contributed by atoms with Crippen LogP contribution in [0, 0.1) is 0 Å². The van der Waals surface area contributed by atoms with Gasteiger partial charge in [-0.1, -0.05) is 0 Å². The number of aromatic nitrogens is 2. The molecule has 108 valence electrons. The minimum absolute atomic E-state index is 0.148. The van der Waals surface area contributed by atoms with E-state index in [2.05, 4.69) is 17.2 Å². The van der Waals surface area contributed by atoms with Crippen molar-refractivity contribution in [3.63, 3.8) is 0 Å². The summed E-state index contributed by atoms with van der Waals surface area (Å²) in [6.45, 7) is 2.85. The second-order valence-corrected chi connectivity index (χ2v) is 4.71. The highest BCUT2D eigenvalue weighted by atomic mass is 16.5. The van der Waals surface area contributed by atoms with Gasteiger partial charge in [-0.3, -0.25) is 0 Å². The van der Waals surface area contributed by atoms with Gasteiger partial charge in [0.25, 0.3) is 0 Å². The number of rotatable bonds is 6. The van der Waals surface area contributed by atoms with E-state index in [0.717, 1.165) is 29.3 Å². The highest BCUT2D eigenvalue weighted by molar-refractivity contribution is 5.42. The van der Waals surface area contributed by atoms with Crippen molar-refractivity contribution < 1.29 is 9.47 Å². The minimum atomic E-state index is 0.148. The maximum Gasteiger partial charge on any atom is 0.123 e. The number of methoxy groups -OCH3 is 2. The monoisotopic (exact) mass is 275 g/mol. The lowest BCUT2D eigenvalue weighted by Crippen LogP contribution is -2.20. The zero-order valence-corrected chi connectivity index (χ0v) is 12.4. The third kappa shape index (κ3) is 3.11. The van der Waals surface area contributed by atoms with Crippen LogP contribution in [0.3, 0.4) is 0 Å². The normalized spacial score (nSPS) is 12.2. The van der Waals surface area contributed by atoms with Gasteiger partial charge in [-0.15, -0.1) is 0 Å². The van der Waals surface area contributed by atoms with Gasteiger partial charge in [0.2, 0.25) is 0 Å². The third-order valence-electron chi connectivity index (χ3n) is 3.41. The smallest absolute Gasteiger partial charge is 0.123 e. The van der Waals surface area contributed by atoms with Crippen LogP contribution in [0.25, 0.3) is 0 Å². The van der Waals surface area contributed by atoms with Crippen LogP contribution in [0.5, 0.6) is 11.5 Å². The van der Waals surface area contributed by atoms with E-state index >= 15 is 0 Å². The van der Waals surface area contributed by atoms with E-state index in [4.69, 9.17) is 9.47 Å². The van der Waals surface area contributed by atoms with Crippen LogP contribution in [0.4, 0.5) is 0 Å². The Hall–Kier alpha value is -2.01. The zero-order chi connectivity index (χ0) is 14.5. The molecule has 0 radical (unpaired) electrons.